The van der Waals surface area contributed by atoms with E-state index in [1.165, 1.54) is 0 Å². The van der Waals surface area contributed by atoms with Crippen molar-refractivity contribution in [2.24, 2.45) is 0 Å². The molecule has 0 heterocycles. The Balaban J connectivity index is 2.32. The summed E-state index contributed by atoms with van der Waals surface area (Å²) in [6, 6.07) is 0. The van der Waals surface area contributed by atoms with Crippen molar-refractivity contribution in [2.45, 2.75) is 0 Å². The SMILES string of the molecule is FP(F)[Te]. The fraction of sp³-hybridized carbons (Fsp3) is 0. The molecule has 0 aromatic carbocycles. The summed E-state index contributed by atoms with van der Waals surface area (Å²) >= 11 is 0.839. The zero-order valence-electron chi connectivity index (χ0n) is 1.61. The van der Waals surface area contributed by atoms with Crippen molar-refractivity contribution in [3.63, 3.8) is 0 Å². The van der Waals surface area contributed by atoms with Gasteiger partial charge in [-0.05, 0) is 0 Å². The first kappa shape index (κ1) is 5.08. The molecule has 0 aromatic rings. The maximum absolute atomic E-state index is 10.4. The quantitative estimate of drug-likeness (QED) is 0.405. The van der Waals surface area contributed by atoms with E-state index in [2.05, 4.69) is 0 Å². The average molecular weight is 197 g/mol. The van der Waals surface area contributed by atoms with Gasteiger partial charge in [-0.15, -0.1) is 0 Å². The van der Waals surface area contributed by atoms with Crippen LogP contribution in [-0.2, 0) is 0 Å². The summed E-state index contributed by atoms with van der Waals surface area (Å²) in [6.45, 7) is 0. The molecule has 4 heteroatoms. The first-order valence-electron chi connectivity index (χ1n) is 0.521. The van der Waals surface area contributed by atoms with Gasteiger partial charge < -0.3 is 0 Å². The second kappa shape index (κ2) is 2.32. The van der Waals surface area contributed by atoms with Gasteiger partial charge in [0.25, 0.3) is 0 Å². The summed E-state index contributed by atoms with van der Waals surface area (Å²) in [6.07, 6.45) is -2.61. The second-order valence-corrected chi connectivity index (χ2v) is 2.97. The van der Waals surface area contributed by atoms with Crippen LogP contribution in [0.4, 0.5) is 8.39 Å². The summed E-state index contributed by atoms with van der Waals surface area (Å²) in [7, 11) is 0. The minimum atomic E-state index is -2.61. The standard InChI is InChI=1S/F2PTe/c1-3(2)4. The molecule has 0 saturated carbocycles. The number of halogens is 2. The van der Waals surface area contributed by atoms with Crippen molar-refractivity contribution in [3.8, 4) is 0 Å². The van der Waals surface area contributed by atoms with Gasteiger partial charge >= 0.3 is 36.4 Å². The summed E-state index contributed by atoms with van der Waals surface area (Å²) in [4.78, 5) is 0. The van der Waals surface area contributed by atoms with Crippen LogP contribution in [0.5, 0.6) is 0 Å². The Labute approximate surface area is 36.8 Å². The molecule has 0 saturated heterocycles. The van der Waals surface area contributed by atoms with Crippen LogP contribution in [0.3, 0.4) is 0 Å². The molecule has 0 bridgehead atoms. The Morgan fingerprint density at radius 3 is 1.50 bits per heavy atom. The molecule has 0 rings (SSSR count). The van der Waals surface area contributed by atoms with Gasteiger partial charge in [0.2, 0.25) is 0 Å². The predicted molar refractivity (Wildman–Crippen MR) is 14.9 cm³/mol. The van der Waals surface area contributed by atoms with Gasteiger partial charge in [0.1, 0.15) is 0 Å². The second-order valence-electron chi connectivity index (χ2n) is 0.202. The van der Waals surface area contributed by atoms with Crippen LogP contribution >= 0.6 is 6.23 Å². The van der Waals surface area contributed by atoms with E-state index in [4.69, 9.17) is 0 Å². The number of rotatable bonds is 0. The third kappa shape index (κ3) is 11.4. The molecule has 0 nitrogen and oxygen atoms in total. The van der Waals surface area contributed by atoms with E-state index in [0.29, 0.717) is 0 Å². The van der Waals surface area contributed by atoms with E-state index in [9.17, 15) is 8.39 Å². The molecule has 0 spiro atoms. The van der Waals surface area contributed by atoms with Crippen LogP contribution in [0.15, 0.2) is 0 Å². The number of hydrogen-bond donors (Lipinski definition) is 0. The Kier molecular flexibility index (Phi) is 2.95. The van der Waals surface area contributed by atoms with Crippen LogP contribution < -0.4 is 0 Å². The molecule has 0 atom stereocenters. The Morgan fingerprint density at radius 2 is 1.50 bits per heavy atom. The first-order valence-corrected chi connectivity index (χ1v) is 4.69. The monoisotopic (exact) mass is 199 g/mol. The normalized spacial score (nSPS) is 9.00. The molecule has 0 aliphatic heterocycles. The van der Waals surface area contributed by atoms with Crippen molar-refractivity contribution >= 4 is 28.0 Å². The Bertz CT molecular complexity index is 10.8. The molecule has 0 fully saturated rings. The molecule has 0 aliphatic rings. The molecule has 1 radical (unpaired) electrons. The Hall–Kier alpha value is 1.08. The molecule has 0 unspecified atom stereocenters. The molecule has 0 N–H and O–H groups in total. The topological polar surface area (TPSA) is 0 Å². The van der Waals surface area contributed by atoms with Gasteiger partial charge in [-0.1, -0.05) is 0 Å². The van der Waals surface area contributed by atoms with Crippen LogP contribution in [0.2, 0.25) is 0 Å². The van der Waals surface area contributed by atoms with Crippen LogP contribution in [0, 0.1) is 0 Å². The van der Waals surface area contributed by atoms with Gasteiger partial charge in [0.15, 0.2) is 0 Å². The van der Waals surface area contributed by atoms with Crippen molar-refractivity contribution in [2.75, 3.05) is 0 Å². The Morgan fingerprint density at radius 1 is 1.50 bits per heavy atom. The van der Waals surface area contributed by atoms with Crippen LogP contribution in [-0.4, -0.2) is 21.7 Å². The summed E-state index contributed by atoms with van der Waals surface area (Å²) in [5.41, 5.74) is 0. The van der Waals surface area contributed by atoms with E-state index >= 15 is 0 Å². The van der Waals surface area contributed by atoms with Gasteiger partial charge in [0, 0.05) is 0 Å². The van der Waals surface area contributed by atoms with E-state index in [1.807, 2.05) is 0 Å². The van der Waals surface area contributed by atoms with Crippen molar-refractivity contribution in [3.05, 3.63) is 0 Å². The van der Waals surface area contributed by atoms with Crippen molar-refractivity contribution < 1.29 is 8.39 Å². The zero-order valence-corrected chi connectivity index (χ0v) is 4.84. The molecule has 0 aliphatic carbocycles. The van der Waals surface area contributed by atoms with Gasteiger partial charge in [-0.25, -0.2) is 0 Å². The van der Waals surface area contributed by atoms with Crippen molar-refractivity contribution in [1.29, 1.82) is 0 Å². The number of hydrogen-bond acceptors (Lipinski definition) is 0. The van der Waals surface area contributed by atoms with Gasteiger partial charge in [-0.2, -0.15) is 0 Å². The predicted octanol–water partition coefficient (Wildman–Crippen LogP) is 1.32. The molecule has 25 valence electrons. The summed E-state index contributed by atoms with van der Waals surface area (Å²) in [5, 5.41) is 0. The van der Waals surface area contributed by atoms with Crippen LogP contribution in [0.25, 0.3) is 0 Å². The van der Waals surface area contributed by atoms with Gasteiger partial charge in [0.05, 0.1) is 0 Å². The fourth-order valence-corrected chi connectivity index (χ4v) is 0. The molecular formula is F2PTe. The van der Waals surface area contributed by atoms with E-state index in [0.717, 1.165) is 21.7 Å². The molecule has 0 aromatic heterocycles. The first-order chi connectivity index (χ1) is 1.73. The molecular weight excluding hydrogens is 197 g/mol. The molecule has 4 heavy (non-hydrogen) atoms. The van der Waals surface area contributed by atoms with Crippen molar-refractivity contribution in [1.82, 2.24) is 0 Å². The van der Waals surface area contributed by atoms with E-state index in [-0.39, 0.29) is 0 Å². The maximum atomic E-state index is 10.4. The summed E-state index contributed by atoms with van der Waals surface area (Å²) in [5.74, 6) is 0. The minimum absolute atomic E-state index is 0.839. The zero-order chi connectivity index (χ0) is 3.58. The summed E-state index contributed by atoms with van der Waals surface area (Å²) < 4.78 is 20.8. The average Bonchev–Trinajstić information content (AvgIpc) is 0.811. The third-order valence-electron chi connectivity index (χ3n) is 0. The third-order valence-corrected chi connectivity index (χ3v) is 0. The van der Waals surface area contributed by atoms with E-state index in [1.54, 1.807) is 0 Å². The van der Waals surface area contributed by atoms with E-state index < -0.39 is 6.23 Å². The van der Waals surface area contributed by atoms with Crippen LogP contribution in [0.1, 0.15) is 0 Å². The molecule has 0 amide bonds. The fourth-order valence-electron chi connectivity index (χ4n) is 0. The van der Waals surface area contributed by atoms with Gasteiger partial charge in [-0.3, -0.25) is 0 Å².